The third kappa shape index (κ3) is 3.93. The summed E-state index contributed by atoms with van der Waals surface area (Å²) >= 11 is 0. The number of alkyl halides is 3. The minimum atomic E-state index is -4.88. The van der Waals surface area contributed by atoms with Crippen molar-refractivity contribution >= 4 is 11.7 Å². The maximum absolute atomic E-state index is 11.8. The third-order valence-electron chi connectivity index (χ3n) is 1.92. The summed E-state index contributed by atoms with van der Waals surface area (Å²) in [6, 6.07) is 2.92. The van der Waals surface area contributed by atoms with Crippen molar-refractivity contribution < 1.29 is 27.2 Å². The summed E-state index contributed by atoms with van der Waals surface area (Å²) < 4.78 is 40.4. The molecule has 4 nitrogen and oxygen atoms in total. The number of rotatable bonds is 4. The van der Waals surface area contributed by atoms with Gasteiger partial charge >= 0.3 is 12.1 Å². The zero-order valence-corrected chi connectivity index (χ0v) is 8.93. The zero-order chi connectivity index (χ0) is 13.1. The number of carbonyl (C=O) groups is 2. The second-order valence-electron chi connectivity index (χ2n) is 3.33. The fourth-order valence-electron chi connectivity index (χ4n) is 1.10. The summed E-state index contributed by atoms with van der Waals surface area (Å²) in [5.74, 6) is -1.77. The van der Waals surface area contributed by atoms with Crippen molar-refractivity contribution in [1.82, 2.24) is 5.32 Å². The number of carbonyl (C=O) groups excluding carboxylic acids is 2. The molecule has 0 aromatic carbocycles. The number of halogens is 3. The fraction of sp³-hybridized carbons (Fsp3) is 0.400. The Morgan fingerprint density at radius 2 is 2.00 bits per heavy atom. The number of hydrogen-bond donors (Lipinski definition) is 1. The number of ketones is 1. The zero-order valence-electron chi connectivity index (χ0n) is 8.93. The predicted octanol–water partition coefficient (Wildman–Crippen LogP) is 1.70. The quantitative estimate of drug-likeness (QED) is 0.826. The lowest BCUT2D eigenvalue weighted by Crippen LogP contribution is -2.37. The van der Waals surface area contributed by atoms with Crippen LogP contribution in [0.15, 0.2) is 16.5 Å². The third-order valence-corrected chi connectivity index (χ3v) is 1.92. The Balaban J connectivity index is 2.41. The molecule has 94 valence electrons. The molecule has 1 aromatic heterocycles. The lowest BCUT2D eigenvalue weighted by atomic mass is 10.3. The maximum Gasteiger partial charge on any atom is 0.471 e. The van der Waals surface area contributed by atoms with Crippen molar-refractivity contribution in [3.63, 3.8) is 0 Å². The highest BCUT2D eigenvalue weighted by Gasteiger charge is 2.38. The second kappa shape index (κ2) is 5.03. The van der Waals surface area contributed by atoms with Gasteiger partial charge in [0, 0.05) is 19.9 Å². The number of nitrogens with one attached hydrogen (secondary N) is 1. The lowest BCUT2D eigenvalue weighted by molar-refractivity contribution is -0.173. The van der Waals surface area contributed by atoms with Gasteiger partial charge in [0.1, 0.15) is 5.76 Å². The normalized spacial score (nSPS) is 11.3. The molecule has 0 radical (unpaired) electrons. The molecule has 1 N–H and O–H groups in total. The smallest absolute Gasteiger partial charge is 0.458 e. The lowest BCUT2D eigenvalue weighted by Gasteiger charge is -2.06. The molecule has 0 saturated heterocycles. The summed E-state index contributed by atoms with van der Waals surface area (Å²) in [6.45, 7) is 1.11. The molecule has 0 spiro atoms. The van der Waals surface area contributed by atoms with E-state index in [2.05, 4.69) is 0 Å². The van der Waals surface area contributed by atoms with Crippen molar-refractivity contribution in [2.24, 2.45) is 0 Å². The van der Waals surface area contributed by atoms with E-state index in [1.54, 1.807) is 5.32 Å². The highest BCUT2D eigenvalue weighted by molar-refractivity contribution is 5.91. The van der Waals surface area contributed by atoms with Gasteiger partial charge in [-0.2, -0.15) is 13.2 Å². The van der Waals surface area contributed by atoms with E-state index >= 15 is 0 Å². The monoisotopic (exact) mass is 249 g/mol. The van der Waals surface area contributed by atoms with Gasteiger partial charge in [-0.15, -0.1) is 0 Å². The standard InChI is InChI=1S/C10H10F3NO3/c1-6(15)8-3-2-7(17-8)4-5-14-9(16)10(11,12)13/h2-3H,4-5H2,1H3,(H,14,16). The molecule has 0 aliphatic heterocycles. The van der Waals surface area contributed by atoms with Gasteiger partial charge < -0.3 is 9.73 Å². The minimum absolute atomic E-state index is 0.0924. The highest BCUT2D eigenvalue weighted by Crippen LogP contribution is 2.14. The topological polar surface area (TPSA) is 59.3 Å². The van der Waals surface area contributed by atoms with Crippen LogP contribution in [-0.2, 0) is 11.2 Å². The average Bonchev–Trinajstić information content (AvgIpc) is 2.64. The van der Waals surface area contributed by atoms with Crippen LogP contribution in [0.1, 0.15) is 23.2 Å². The van der Waals surface area contributed by atoms with Crippen molar-refractivity contribution in [1.29, 1.82) is 0 Å². The van der Waals surface area contributed by atoms with E-state index < -0.39 is 12.1 Å². The highest BCUT2D eigenvalue weighted by atomic mass is 19.4. The molecule has 1 heterocycles. The number of amides is 1. The summed E-state index contributed by atoms with van der Waals surface area (Å²) in [4.78, 5) is 21.3. The van der Waals surface area contributed by atoms with Crippen molar-refractivity contribution in [3.05, 3.63) is 23.7 Å². The Morgan fingerprint density at radius 1 is 1.35 bits per heavy atom. The Kier molecular flexibility index (Phi) is 3.93. The number of furan rings is 1. The van der Waals surface area contributed by atoms with Gasteiger partial charge in [0.2, 0.25) is 0 Å². The first-order valence-corrected chi connectivity index (χ1v) is 4.75. The van der Waals surface area contributed by atoms with E-state index in [1.165, 1.54) is 19.1 Å². The maximum atomic E-state index is 11.8. The van der Waals surface area contributed by atoms with Crippen LogP contribution in [0.25, 0.3) is 0 Å². The largest absolute Gasteiger partial charge is 0.471 e. The molecule has 1 amide bonds. The van der Waals surface area contributed by atoms with Crippen LogP contribution >= 0.6 is 0 Å². The van der Waals surface area contributed by atoms with Gasteiger partial charge in [-0.25, -0.2) is 0 Å². The summed E-state index contributed by atoms with van der Waals surface area (Å²) in [5.41, 5.74) is 0. The van der Waals surface area contributed by atoms with Gasteiger partial charge in [-0.1, -0.05) is 0 Å². The van der Waals surface area contributed by atoms with E-state index in [1.807, 2.05) is 0 Å². The molecule has 0 unspecified atom stereocenters. The SMILES string of the molecule is CC(=O)c1ccc(CCNC(=O)C(F)(F)F)o1. The summed E-state index contributed by atoms with van der Waals surface area (Å²) in [7, 11) is 0. The van der Waals surface area contributed by atoms with Crippen molar-refractivity contribution in [2.45, 2.75) is 19.5 Å². The van der Waals surface area contributed by atoms with E-state index in [0.29, 0.717) is 5.76 Å². The van der Waals surface area contributed by atoms with Crippen molar-refractivity contribution in [2.75, 3.05) is 6.54 Å². The second-order valence-corrected chi connectivity index (χ2v) is 3.33. The Morgan fingerprint density at radius 3 is 2.47 bits per heavy atom. The molecular weight excluding hydrogens is 239 g/mol. The molecule has 7 heteroatoms. The molecular formula is C10H10F3NO3. The van der Waals surface area contributed by atoms with Crippen molar-refractivity contribution in [3.8, 4) is 0 Å². The number of hydrogen-bond acceptors (Lipinski definition) is 3. The van der Waals surface area contributed by atoms with Crippen LogP contribution < -0.4 is 5.32 Å². The molecule has 17 heavy (non-hydrogen) atoms. The Hall–Kier alpha value is -1.79. The van der Waals surface area contributed by atoms with E-state index in [4.69, 9.17) is 4.42 Å². The molecule has 0 fully saturated rings. The first-order chi connectivity index (χ1) is 7.80. The van der Waals surface area contributed by atoms with Gasteiger partial charge in [0.15, 0.2) is 11.5 Å². The summed E-state index contributed by atoms with van der Waals surface area (Å²) in [6.07, 6.45) is -4.79. The van der Waals surface area contributed by atoms with Gasteiger partial charge in [-0.3, -0.25) is 9.59 Å². The van der Waals surface area contributed by atoms with E-state index in [9.17, 15) is 22.8 Å². The van der Waals surface area contributed by atoms with E-state index in [-0.39, 0.29) is 24.5 Å². The predicted molar refractivity (Wildman–Crippen MR) is 51.5 cm³/mol. The molecule has 1 rings (SSSR count). The molecule has 0 aliphatic rings. The first-order valence-electron chi connectivity index (χ1n) is 4.75. The molecule has 0 saturated carbocycles. The first kappa shape index (κ1) is 13.3. The fourth-order valence-corrected chi connectivity index (χ4v) is 1.10. The van der Waals surface area contributed by atoms with Crippen LogP contribution in [0.2, 0.25) is 0 Å². The molecule has 0 aliphatic carbocycles. The van der Waals surface area contributed by atoms with Crippen LogP contribution in [0.3, 0.4) is 0 Å². The van der Waals surface area contributed by atoms with Crippen LogP contribution in [0.5, 0.6) is 0 Å². The van der Waals surface area contributed by atoms with Gasteiger partial charge in [0.25, 0.3) is 0 Å². The van der Waals surface area contributed by atoms with Crippen LogP contribution in [-0.4, -0.2) is 24.4 Å². The van der Waals surface area contributed by atoms with E-state index in [0.717, 1.165) is 0 Å². The summed E-state index contributed by atoms with van der Waals surface area (Å²) in [5, 5.41) is 1.70. The minimum Gasteiger partial charge on any atom is -0.458 e. The van der Waals surface area contributed by atoms with Gasteiger partial charge in [0.05, 0.1) is 0 Å². The number of Topliss-reactive ketones (excluding diaryl/α,β-unsaturated/α-hetero) is 1. The molecule has 0 atom stereocenters. The average molecular weight is 249 g/mol. The van der Waals surface area contributed by atoms with Gasteiger partial charge in [-0.05, 0) is 12.1 Å². The molecule has 1 aromatic rings. The Bertz CT molecular complexity index is 423. The van der Waals surface area contributed by atoms with Crippen LogP contribution in [0, 0.1) is 0 Å². The van der Waals surface area contributed by atoms with Crippen LogP contribution in [0.4, 0.5) is 13.2 Å². The molecule has 0 bridgehead atoms. The Labute approximate surface area is 94.8 Å².